The molecule has 8 heteroatoms. The summed E-state index contributed by atoms with van der Waals surface area (Å²) < 4.78 is 144. The molecule has 1 amide bonds. The number of aryl methyl sites for hydroxylation is 1. The molecule has 1 aliphatic rings. The summed E-state index contributed by atoms with van der Waals surface area (Å²) in [5.74, 6) is -6.03. The maximum atomic E-state index is 13.3. The summed E-state index contributed by atoms with van der Waals surface area (Å²) in [7, 11) is 0. The number of nitrogens with zero attached hydrogens (tertiary/aromatic N) is 3. The van der Waals surface area contributed by atoms with Gasteiger partial charge in [-0.3, -0.25) is 14.2 Å². The Balaban J connectivity index is 2.08. The van der Waals surface area contributed by atoms with Crippen LogP contribution in [0.3, 0.4) is 0 Å². The van der Waals surface area contributed by atoms with Crippen molar-refractivity contribution in [2.24, 2.45) is 5.89 Å². The van der Waals surface area contributed by atoms with E-state index in [9.17, 15) is 14.7 Å². The molecular weight excluding hydrogens is 352 g/mol. The number of carbonyl (C=O) groups is 1. The first-order chi connectivity index (χ1) is 19.4. The topological polar surface area (TPSA) is 87.5 Å². The Morgan fingerprint density at radius 1 is 1.77 bits per heavy atom. The van der Waals surface area contributed by atoms with Gasteiger partial charge in [0, 0.05) is 41.5 Å². The van der Waals surface area contributed by atoms with Crippen LogP contribution < -0.4 is 10.9 Å². The molecule has 0 aromatic carbocycles. The van der Waals surface area contributed by atoms with Gasteiger partial charge in [-0.25, -0.2) is 4.98 Å². The molecule has 0 radical (unpaired) electrons. The number of thiazole rings is 1. The number of likely N-dealkylation sites (tertiary alicyclic amines) is 1. The second-order valence-corrected chi connectivity index (χ2v) is 5.76. The van der Waals surface area contributed by atoms with Crippen LogP contribution in [0, 0.1) is 5.89 Å². The minimum absolute atomic E-state index is 0.0775. The predicted octanol–water partition coefficient (Wildman–Crippen LogP) is 2.04. The van der Waals surface area contributed by atoms with Crippen molar-refractivity contribution in [3.63, 3.8) is 0 Å². The van der Waals surface area contributed by atoms with E-state index in [2.05, 4.69) is 4.98 Å². The number of hydrogen-bond donors (Lipinski definition) is 2. The van der Waals surface area contributed by atoms with Gasteiger partial charge in [0.05, 0.1) is 6.86 Å². The zero-order valence-corrected chi connectivity index (χ0v) is 14.2. The first-order valence-corrected chi connectivity index (χ1v) is 8.04. The third-order valence-corrected chi connectivity index (χ3v) is 4.01. The maximum Gasteiger partial charge on any atom is 0.268 e. The Kier molecular flexibility index (Phi) is 2.07. The number of aromatic nitrogens is 2. The fourth-order valence-electron chi connectivity index (χ4n) is 2.11. The third kappa shape index (κ3) is 3.76. The molecule has 3 heterocycles. The largest absolute Gasteiger partial charge is 0.505 e. The predicted molar refractivity (Wildman–Crippen MR) is 103 cm³/mol. The number of amides is 1. The van der Waals surface area contributed by atoms with E-state index in [0.717, 1.165) is 0 Å². The van der Waals surface area contributed by atoms with Gasteiger partial charge in [0.15, 0.2) is 12.8 Å². The molecule has 1 fully saturated rings. The van der Waals surface area contributed by atoms with Gasteiger partial charge < -0.3 is 15.3 Å². The van der Waals surface area contributed by atoms with Gasteiger partial charge in [0.2, 0.25) is 0 Å². The van der Waals surface area contributed by atoms with Crippen molar-refractivity contribution in [3.8, 4) is 5.75 Å². The number of nitrogens with one attached hydrogen (secondary N) is 1. The fourth-order valence-corrected chi connectivity index (χ4v) is 2.76. The minimum Gasteiger partial charge on any atom is -0.505 e. The molecule has 1 aliphatic heterocycles. The molecular formula is C18H26N4O3S. The third-order valence-electron chi connectivity index (χ3n) is 3.24. The van der Waals surface area contributed by atoms with Gasteiger partial charge in [-0.15, -0.1) is 11.3 Å². The monoisotopic (exact) mass is 396 g/mol. The van der Waals surface area contributed by atoms with Gasteiger partial charge in [-0.05, 0) is 44.9 Å². The molecule has 1 saturated heterocycles. The highest BCUT2D eigenvalue weighted by Crippen LogP contribution is 2.29. The highest BCUT2D eigenvalue weighted by Gasteiger charge is 2.23. The summed E-state index contributed by atoms with van der Waals surface area (Å²) in [5.41, 5.74) is -4.51. The molecule has 2 aromatic heterocycles. The summed E-state index contributed by atoms with van der Waals surface area (Å²) >= 11 is 0.337. The minimum atomic E-state index is -3.75. The van der Waals surface area contributed by atoms with Crippen LogP contribution in [0.15, 0.2) is 10.3 Å². The zero-order valence-electron chi connectivity index (χ0n) is 31.4. The number of aromatic hydroxyl groups is 1. The van der Waals surface area contributed by atoms with Crippen LogP contribution in [0.5, 0.6) is 5.75 Å². The van der Waals surface area contributed by atoms with Gasteiger partial charge in [0.1, 0.15) is 10.3 Å². The van der Waals surface area contributed by atoms with Crippen molar-refractivity contribution in [2.45, 2.75) is 39.4 Å². The molecule has 3 rings (SSSR count). The highest BCUT2D eigenvalue weighted by molar-refractivity contribution is 7.17. The normalized spacial score (nSPS) is 40.7. The van der Waals surface area contributed by atoms with Crippen LogP contribution in [0.4, 0.5) is 0 Å². The van der Waals surface area contributed by atoms with Gasteiger partial charge in [-0.1, -0.05) is 6.92 Å². The molecule has 142 valence electrons. The fraction of sp³-hybridized carbons (Fsp3) is 0.611. The Labute approximate surface area is 182 Å². The molecule has 2 N–H and O–H groups in total. The number of carbonyl (C=O) groups excluding carboxylic acids is 1. The number of rotatable bonds is 6. The maximum absolute atomic E-state index is 13.3. The first-order valence-electron chi connectivity index (χ1n) is 16.2. The van der Waals surface area contributed by atoms with Crippen molar-refractivity contribution in [1.29, 1.82) is 0 Å². The second kappa shape index (κ2) is 8.18. The van der Waals surface area contributed by atoms with E-state index in [1.54, 1.807) is 0 Å². The van der Waals surface area contributed by atoms with Crippen LogP contribution in [0.2, 0.25) is 1.41 Å². The van der Waals surface area contributed by atoms with E-state index in [-0.39, 0.29) is 14.8 Å². The summed E-state index contributed by atoms with van der Waals surface area (Å²) in [6.07, 6.45) is -8.38. The lowest BCUT2D eigenvalue weighted by Gasteiger charge is -2.30. The Bertz CT molecular complexity index is 1520. The van der Waals surface area contributed by atoms with Crippen molar-refractivity contribution in [3.05, 3.63) is 21.4 Å². The van der Waals surface area contributed by atoms with Crippen LogP contribution in [-0.4, -0.2) is 51.5 Å². The smallest absolute Gasteiger partial charge is 0.268 e. The van der Waals surface area contributed by atoms with Crippen molar-refractivity contribution < 1.29 is 34.6 Å². The second-order valence-electron chi connectivity index (χ2n) is 4.96. The van der Waals surface area contributed by atoms with Gasteiger partial charge >= 0.3 is 0 Å². The van der Waals surface area contributed by atoms with Crippen LogP contribution in [0.25, 0.3) is 10.3 Å². The van der Waals surface area contributed by atoms with Gasteiger partial charge in [-0.2, -0.15) is 0 Å². The Hall–Kier alpha value is -1.93. The molecule has 1 unspecified atom stereocenters. The molecule has 0 bridgehead atoms. The summed E-state index contributed by atoms with van der Waals surface area (Å²) in [6.45, 7) is -18.2. The van der Waals surface area contributed by atoms with Crippen molar-refractivity contribution in [2.75, 3.05) is 26.0 Å². The Morgan fingerprint density at radius 3 is 3.42 bits per heavy atom. The lowest BCUT2D eigenvalue weighted by Crippen LogP contribution is -2.37. The van der Waals surface area contributed by atoms with Crippen LogP contribution in [0.1, 0.15) is 66.6 Å². The quantitative estimate of drug-likeness (QED) is 0.780. The molecule has 26 heavy (non-hydrogen) atoms. The van der Waals surface area contributed by atoms with E-state index in [0.29, 0.717) is 18.3 Å². The Morgan fingerprint density at radius 2 is 2.62 bits per heavy atom. The number of hydrogen-bond acceptors (Lipinski definition) is 6. The van der Waals surface area contributed by atoms with Crippen molar-refractivity contribution in [1.82, 2.24) is 19.8 Å². The zero-order chi connectivity index (χ0) is 34.6. The molecule has 0 spiro atoms. The van der Waals surface area contributed by atoms with Crippen LogP contribution >= 0.6 is 11.3 Å². The highest BCUT2D eigenvalue weighted by atomic mass is 32.1. The van der Waals surface area contributed by atoms with E-state index >= 15 is 0 Å². The summed E-state index contributed by atoms with van der Waals surface area (Å²) in [6, 6.07) is 0. The molecule has 7 nitrogen and oxygen atoms in total. The van der Waals surface area contributed by atoms with E-state index in [4.69, 9.17) is 24.7 Å². The SMILES string of the molecule is [2H]c1nc2c(s1)c(O)c(C(=O)N([2H])CCC([2H])([2H])N1C([2H])([2H])C([2H])([2H])C([2H])([2H])C([2H])(C)C1([2H])[2H])c(=O)n2C([2H])([2H])C([2H])([2H])[2H]. The lowest BCUT2D eigenvalue weighted by atomic mass is 10.0. The number of fused-ring (bicyclic) bond motifs is 1. The first kappa shape index (κ1) is 6.60. The summed E-state index contributed by atoms with van der Waals surface area (Å²) in [5, 5.41) is 10.5. The van der Waals surface area contributed by atoms with E-state index in [1.165, 1.54) is 0 Å². The van der Waals surface area contributed by atoms with Crippen molar-refractivity contribution >= 4 is 27.6 Å². The number of pyridine rings is 1. The van der Waals surface area contributed by atoms with Crippen LogP contribution in [-0.2, 0) is 6.50 Å². The lowest BCUT2D eigenvalue weighted by molar-refractivity contribution is 0.0945. The molecule has 0 aliphatic carbocycles. The molecule has 1 atom stereocenters. The van der Waals surface area contributed by atoms with E-state index < -0.39 is 103 Å². The number of piperidine rings is 1. The van der Waals surface area contributed by atoms with Gasteiger partial charge in [0.25, 0.3) is 11.5 Å². The standard InChI is InChI=1S/C18H26N4O3S/c1-3-22-16-15(26-11-20-16)14(23)13(18(22)25)17(24)19-7-5-9-21-8-4-6-12(2)10-21/h11-12,23H,3-10H2,1-2H3,(H,19,24)/i1D3,3D2,4D2,6D2,8D2,9D2,10D2,11D,12D/hD. The molecule has 2 aromatic rings. The van der Waals surface area contributed by atoms with E-state index in [1.807, 2.05) is 0 Å². The molecule has 0 saturated carbocycles. The average Bonchev–Trinajstić information content (AvgIpc) is 3.21. The summed E-state index contributed by atoms with van der Waals surface area (Å²) in [4.78, 5) is 29.7. The average molecular weight is 397 g/mol.